The Kier molecular flexibility index (Phi) is 3.14. The minimum absolute atomic E-state index is 0.648. The zero-order valence-electron chi connectivity index (χ0n) is 10.8. The summed E-state index contributed by atoms with van der Waals surface area (Å²) in [6, 6.07) is 4.26. The molecule has 3 rings (SSSR count). The summed E-state index contributed by atoms with van der Waals surface area (Å²) < 4.78 is 10.8. The summed E-state index contributed by atoms with van der Waals surface area (Å²) in [5.74, 6) is 2.38. The minimum atomic E-state index is 0.648. The fourth-order valence-electron chi connectivity index (χ4n) is 3.07. The number of nitrogens with zero attached hydrogens (tertiary/aromatic N) is 1. The van der Waals surface area contributed by atoms with Gasteiger partial charge in [0.1, 0.15) is 0 Å². The molecule has 0 amide bonds. The van der Waals surface area contributed by atoms with Crippen LogP contribution in [0.4, 0.5) is 5.69 Å². The van der Waals surface area contributed by atoms with E-state index in [1.807, 2.05) is 0 Å². The highest BCUT2D eigenvalue weighted by Crippen LogP contribution is 2.42. The van der Waals surface area contributed by atoms with Crippen LogP contribution in [-0.2, 0) is 6.42 Å². The number of fused-ring (bicyclic) bond motifs is 4. The SMILES string of the molecule is COc1cc2c(cc1OC)N1CC[C@@H](Br)[C@@H](C2)C1. The summed E-state index contributed by atoms with van der Waals surface area (Å²) in [7, 11) is 3.39. The van der Waals surface area contributed by atoms with Crippen molar-refractivity contribution in [3.8, 4) is 11.5 Å². The number of benzene rings is 1. The summed E-state index contributed by atoms with van der Waals surface area (Å²) in [5.41, 5.74) is 2.70. The Morgan fingerprint density at radius 1 is 1.22 bits per heavy atom. The first-order valence-electron chi connectivity index (χ1n) is 6.37. The van der Waals surface area contributed by atoms with Gasteiger partial charge in [-0.05, 0) is 30.4 Å². The van der Waals surface area contributed by atoms with Crippen molar-refractivity contribution >= 4 is 21.6 Å². The molecule has 2 atom stereocenters. The van der Waals surface area contributed by atoms with Crippen LogP contribution < -0.4 is 14.4 Å². The van der Waals surface area contributed by atoms with Crippen LogP contribution in [0.1, 0.15) is 12.0 Å². The van der Waals surface area contributed by atoms with E-state index in [9.17, 15) is 0 Å². The largest absolute Gasteiger partial charge is 0.493 e. The van der Waals surface area contributed by atoms with Gasteiger partial charge in [-0.25, -0.2) is 0 Å². The Hall–Kier alpha value is -0.900. The van der Waals surface area contributed by atoms with Gasteiger partial charge in [0.15, 0.2) is 11.5 Å². The van der Waals surface area contributed by atoms with E-state index in [2.05, 4.69) is 33.0 Å². The van der Waals surface area contributed by atoms with Gasteiger partial charge in [0.05, 0.1) is 14.2 Å². The van der Waals surface area contributed by atoms with Crippen LogP contribution in [0.25, 0.3) is 0 Å². The van der Waals surface area contributed by atoms with Crippen LogP contribution in [0.15, 0.2) is 12.1 Å². The second-order valence-corrected chi connectivity index (χ2v) is 6.23. The number of rotatable bonds is 2. The number of halogens is 1. The molecule has 1 aromatic carbocycles. The second kappa shape index (κ2) is 4.65. The second-order valence-electron chi connectivity index (χ2n) is 5.05. The molecule has 3 nitrogen and oxygen atoms in total. The smallest absolute Gasteiger partial charge is 0.162 e. The van der Waals surface area contributed by atoms with Gasteiger partial charge >= 0.3 is 0 Å². The van der Waals surface area contributed by atoms with Crippen LogP contribution in [-0.4, -0.2) is 32.1 Å². The zero-order chi connectivity index (χ0) is 12.7. The molecule has 4 heteroatoms. The van der Waals surface area contributed by atoms with Gasteiger partial charge < -0.3 is 14.4 Å². The average Bonchev–Trinajstić information content (AvgIpc) is 2.41. The number of anilines is 1. The van der Waals surface area contributed by atoms with Gasteiger partial charge in [-0.3, -0.25) is 0 Å². The van der Waals surface area contributed by atoms with Crippen molar-refractivity contribution in [3.05, 3.63) is 17.7 Å². The first-order chi connectivity index (χ1) is 8.72. The maximum Gasteiger partial charge on any atom is 0.162 e. The zero-order valence-corrected chi connectivity index (χ0v) is 12.4. The normalized spacial score (nSPS) is 25.6. The van der Waals surface area contributed by atoms with Crippen LogP contribution in [0.5, 0.6) is 11.5 Å². The van der Waals surface area contributed by atoms with E-state index in [1.54, 1.807) is 14.2 Å². The van der Waals surface area contributed by atoms with Gasteiger partial charge in [0, 0.05) is 29.7 Å². The Morgan fingerprint density at radius 3 is 2.67 bits per heavy atom. The van der Waals surface area contributed by atoms with Crippen molar-refractivity contribution in [2.45, 2.75) is 17.7 Å². The van der Waals surface area contributed by atoms with E-state index in [1.165, 1.54) is 17.7 Å². The van der Waals surface area contributed by atoms with Crippen LogP contribution in [0, 0.1) is 5.92 Å². The molecule has 2 heterocycles. The number of hydrogen-bond donors (Lipinski definition) is 0. The Balaban J connectivity index is 2.04. The average molecular weight is 312 g/mol. The molecule has 98 valence electrons. The lowest BCUT2D eigenvalue weighted by atomic mass is 9.85. The molecule has 0 N–H and O–H groups in total. The molecule has 0 aliphatic carbocycles. The van der Waals surface area contributed by atoms with Gasteiger partial charge in [0.2, 0.25) is 0 Å². The predicted octanol–water partition coefficient (Wildman–Crippen LogP) is 2.85. The lowest BCUT2D eigenvalue weighted by Crippen LogP contribution is -2.45. The molecule has 0 spiro atoms. The third-order valence-electron chi connectivity index (χ3n) is 4.05. The Bertz CT molecular complexity index is 463. The van der Waals surface area contributed by atoms with E-state index >= 15 is 0 Å². The van der Waals surface area contributed by atoms with Crippen LogP contribution >= 0.6 is 15.9 Å². The first-order valence-corrected chi connectivity index (χ1v) is 7.28. The molecule has 0 aromatic heterocycles. The number of piperidine rings is 1. The Labute approximate surface area is 116 Å². The minimum Gasteiger partial charge on any atom is -0.493 e. The molecule has 1 aromatic rings. The fraction of sp³-hybridized carbons (Fsp3) is 0.571. The monoisotopic (exact) mass is 311 g/mol. The summed E-state index contributed by atoms with van der Waals surface area (Å²) in [6.45, 7) is 2.27. The molecule has 0 saturated carbocycles. The molecule has 0 radical (unpaired) electrons. The molecule has 18 heavy (non-hydrogen) atoms. The molecule has 1 saturated heterocycles. The van der Waals surface area contributed by atoms with Crippen molar-refractivity contribution in [2.75, 3.05) is 32.2 Å². The van der Waals surface area contributed by atoms with Crippen molar-refractivity contribution < 1.29 is 9.47 Å². The van der Waals surface area contributed by atoms with E-state index in [4.69, 9.17) is 9.47 Å². The van der Waals surface area contributed by atoms with Crippen molar-refractivity contribution in [1.82, 2.24) is 0 Å². The van der Waals surface area contributed by atoms with Crippen molar-refractivity contribution in [3.63, 3.8) is 0 Å². The third-order valence-corrected chi connectivity index (χ3v) is 5.25. The lowest BCUT2D eigenvalue weighted by Gasteiger charge is -2.43. The molecule has 0 unspecified atom stereocenters. The van der Waals surface area contributed by atoms with Gasteiger partial charge in [-0.15, -0.1) is 0 Å². The molecule has 1 fully saturated rings. The summed E-state index contributed by atoms with van der Waals surface area (Å²) in [4.78, 5) is 3.12. The summed E-state index contributed by atoms with van der Waals surface area (Å²) in [5, 5.41) is 0. The van der Waals surface area contributed by atoms with Gasteiger partial charge in [-0.2, -0.15) is 0 Å². The van der Waals surface area contributed by atoms with Crippen LogP contribution in [0.2, 0.25) is 0 Å². The highest BCUT2D eigenvalue weighted by atomic mass is 79.9. The number of hydrogen-bond acceptors (Lipinski definition) is 3. The third kappa shape index (κ3) is 1.87. The highest BCUT2D eigenvalue weighted by molar-refractivity contribution is 9.09. The maximum atomic E-state index is 5.40. The van der Waals surface area contributed by atoms with Gasteiger partial charge in [-0.1, -0.05) is 15.9 Å². The lowest BCUT2D eigenvalue weighted by molar-refractivity contribution is 0.351. The van der Waals surface area contributed by atoms with E-state index in [-0.39, 0.29) is 0 Å². The summed E-state index contributed by atoms with van der Waals surface area (Å²) >= 11 is 3.81. The quantitative estimate of drug-likeness (QED) is 0.784. The maximum absolute atomic E-state index is 5.40. The van der Waals surface area contributed by atoms with E-state index in [0.717, 1.165) is 31.0 Å². The number of methoxy groups -OCH3 is 2. The molecular weight excluding hydrogens is 294 g/mol. The van der Waals surface area contributed by atoms with Crippen LogP contribution in [0.3, 0.4) is 0 Å². The summed E-state index contributed by atoms with van der Waals surface area (Å²) in [6.07, 6.45) is 2.35. The molecule has 2 aliphatic heterocycles. The number of ether oxygens (including phenoxy) is 2. The highest BCUT2D eigenvalue weighted by Gasteiger charge is 2.34. The van der Waals surface area contributed by atoms with Crippen molar-refractivity contribution in [1.29, 1.82) is 0 Å². The number of alkyl halides is 1. The van der Waals surface area contributed by atoms with E-state index in [0.29, 0.717) is 10.7 Å². The van der Waals surface area contributed by atoms with Gasteiger partial charge in [0.25, 0.3) is 0 Å². The van der Waals surface area contributed by atoms with Crippen molar-refractivity contribution in [2.24, 2.45) is 5.92 Å². The van der Waals surface area contributed by atoms with E-state index < -0.39 is 0 Å². The fourth-order valence-corrected chi connectivity index (χ4v) is 3.62. The Morgan fingerprint density at radius 2 is 1.94 bits per heavy atom. The molecule has 2 aliphatic rings. The predicted molar refractivity (Wildman–Crippen MR) is 76.3 cm³/mol. The first kappa shape index (κ1) is 12.2. The molecular formula is C14H18BrNO2. The standard InChI is InChI=1S/C14H18BrNO2/c1-17-13-6-9-5-10-8-16(4-3-11(10)15)12(9)7-14(13)18-2/h6-7,10-11H,3-5,8H2,1-2H3/t10-,11+/m0/s1. The molecule has 2 bridgehead atoms. The topological polar surface area (TPSA) is 21.7 Å².